The molecule has 0 radical (unpaired) electrons. The van der Waals surface area contributed by atoms with Crippen molar-refractivity contribution in [1.29, 1.82) is 0 Å². The summed E-state index contributed by atoms with van der Waals surface area (Å²) in [5.74, 6) is 0.193. The van der Waals surface area contributed by atoms with E-state index in [0.717, 1.165) is 0 Å². The van der Waals surface area contributed by atoms with Crippen molar-refractivity contribution in [3.05, 3.63) is 59.9 Å². The summed E-state index contributed by atoms with van der Waals surface area (Å²) < 4.78 is 19.2. The van der Waals surface area contributed by atoms with E-state index in [2.05, 4.69) is 5.32 Å². The Labute approximate surface area is 130 Å². The molecule has 1 N–H and O–H groups in total. The van der Waals surface area contributed by atoms with Crippen LogP contribution >= 0.6 is 0 Å². The molecule has 0 fully saturated rings. The number of aryl methyl sites for hydroxylation is 1. The second-order valence-corrected chi connectivity index (χ2v) is 5.30. The predicted octanol–water partition coefficient (Wildman–Crippen LogP) is 4.18. The highest BCUT2D eigenvalue weighted by atomic mass is 19.1. The van der Waals surface area contributed by atoms with Crippen LogP contribution < -0.4 is 10.1 Å². The van der Waals surface area contributed by atoms with Gasteiger partial charge in [-0.15, -0.1) is 0 Å². The first-order valence-corrected chi connectivity index (χ1v) is 7.35. The smallest absolute Gasteiger partial charge is 0.224 e. The van der Waals surface area contributed by atoms with E-state index >= 15 is 0 Å². The number of hydrogen-bond donors (Lipinski definition) is 1. The van der Waals surface area contributed by atoms with Crippen molar-refractivity contribution in [2.24, 2.45) is 0 Å². The third-order valence-electron chi connectivity index (χ3n) is 3.10. The van der Waals surface area contributed by atoms with Crippen LogP contribution in [0, 0.1) is 5.82 Å². The number of halogens is 1. The number of hydrogen-bond acceptors (Lipinski definition) is 2. The van der Waals surface area contributed by atoms with Crippen LogP contribution in [0.4, 0.5) is 10.1 Å². The zero-order chi connectivity index (χ0) is 15.9. The number of rotatable bonds is 6. The van der Waals surface area contributed by atoms with Crippen LogP contribution in [-0.4, -0.2) is 12.0 Å². The molecule has 0 saturated heterocycles. The number of nitrogens with one attached hydrogen (secondary N) is 1. The van der Waals surface area contributed by atoms with Gasteiger partial charge < -0.3 is 10.1 Å². The average molecular weight is 301 g/mol. The van der Waals surface area contributed by atoms with Crippen molar-refractivity contribution >= 4 is 11.6 Å². The summed E-state index contributed by atoms with van der Waals surface area (Å²) in [6.07, 6.45) is 0.610. The molecule has 0 unspecified atom stereocenters. The van der Waals surface area contributed by atoms with E-state index in [1.54, 1.807) is 24.3 Å². The minimum absolute atomic E-state index is 0.0245. The van der Waals surface area contributed by atoms with E-state index in [1.165, 1.54) is 6.07 Å². The number of para-hydroxylation sites is 2. The van der Waals surface area contributed by atoms with Crippen LogP contribution in [0.15, 0.2) is 48.5 Å². The number of amides is 1. The standard InChI is InChI=1S/C18H20FNO2/c1-13(2)22-17-10-6-5-9-16(17)20-18(21)12-11-14-7-3-4-8-15(14)19/h3-10,13H,11-12H2,1-2H3,(H,20,21). The lowest BCUT2D eigenvalue weighted by Crippen LogP contribution is -2.15. The van der Waals surface area contributed by atoms with E-state index in [9.17, 15) is 9.18 Å². The van der Waals surface area contributed by atoms with E-state index in [4.69, 9.17) is 4.74 Å². The Morgan fingerprint density at radius 3 is 2.55 bits per heavy atom. The highest BCUT2D eigenvalue weighted by Gasteiger charge is 2.10. The van der Waals surface area contributed by atoms with Gasteiger partial charge in [0.1, 0.15) is 11.6 Å². The van der Waals surface area contributed by atoms with Crippen LogP contribution in [0.25, 0.3) is 0 Å². The third-order valence-corrected chi connectivity index (χ3v) is 3.10. The van der Waals surface area contributed by atoms with Gasteiger partial charge in [0.2, 0.25) is 5.91 Å². The zero-order valence-corrected chi connectivity index (χ0v) is 12.8. The third kappa shape index (κ3) is 4.58. The molecule has 4 heteroatoms. The minimum Gasteiger partial charge on any atom is -0.489 e. The van der Waals surface area contributed by atoms with E-state index in [0.29, 0.717) is 23.4 Å². The molecule has 0 spiro atoms. The summed E-state index contributed by atoms with van der Waals surface area (Å²) in [6.45, 7) is 3.85. The summed E-state index contributed by atoms with van der Waals surface area (Å²) >= 11 is 0. The van der Waals surface area contributed by atoms with Gasteiger partial charge in [0.15, 0.2) is 0 Å². The number of anilines is 1. The molecular weight excluding hydrogens is 281 g/mol. The van der Waals surface area contributed by atoms with Crippen molar-refractivity contribution in [2.45, 2.75) is 32.8 Å². The summed E-state index contributed by atoms with van der Waals surface area (Å²) in [5, 5.41) is 2.82. The van der Waals surface area contributed by atoms with Crippen LogP contribution in [0.2, 0.25) is 0 Å². The van der Waals surface area contributed by atoms with Gasteiger partial charge in [-0.05, 0) is 44.0 Å². The van der Waals surface area contributed by atoms with Crippen molar-refractivity contribution in [3.8, 4) is 5.75 Å². The molecular formula is C18H20FNO2. The molecule has 0 heterocycles. The maximum atomic E-state index is 13.5. The van der Waals surface area contributed by atoms with Crippen LogP contribution in [0.1, 0.15) is 25.8 Å². The first-order chi connectivity index (χ1) is 10.6. The fraction of sp³-hybridized carbons (Fsp3) is 0.278. The summed E-state index contributed by atoms with van der Waals surface area (Å²) in [7, 11) is 0. The Morgan fingerprint density at radius 2 is 1.82 bits per heavy atom. The van der Waals surface area contributed by atoms with Crippen molar-refractivity contribution in [3.63, 3.8) is 0 Å². The summed E-state index contributed by atoms with van der Waals surface area (Å²) in [6, 6.07) is 13.8. The lowest BCUT2D eigenvalue weighted by Gasteiger charge is -2.14. The topological polar surface area (TPSA) is 38.3 Å². The zero-order valence-electron chi connectivity index (χ0n) is 12.8. The maximum Gasteiger partial charge on any atom is 0.224 e. The largest absolute Gasteiger partial charge is 0.489 e. The fourth-order valence-corrected chi connectivity index (χ4v) is 2.09. The van der Waals surface area contributed by atoms with Gasteiger partial charge in [-0.1, -0.05) is 30.3 Å². The van der Waals surface area contributed by atoms with E-state index in [1.807, 2.05) is 32.0 Å². The van der Waals surface area contributed by atoms with Gasteiger partial charge in [-0.2, -0.15) is 0 Å². The minimum atomic E-state index is -0.279. The van der Waals surface area contributed by atoms with E-state index in [-0.39, 0.29) is 24.2 Å². The molecule has 116 valence electrons. The lowest BCUT2D eigenvalue weighted by molar-refractivity contribution is -0.116. The average Bonchev–Trinajstić information content (AvgIpc) is 2.48. The highest BCUT2D eigenvalue weighted by Crippen LogP contribution is 2.25. The number of carbonyl (C=O) groups excluding carboxylic acids is 1. The number of ether oxygens (including phenoxy) is 1. The Morgan fingerprint density at radius 1 is 1.14 bits per heavy atom. The molecule has 0 aliphatic rings. The predicted molar refractivity (Wildman–Crippen MR) is 85.6 cm³/mol. The van der Waals surface area contributed by atoms with Crippen LogP contribution in [0.5, 0.6) is 5.75 Å². The molecule has 0 atom stereocenters. The number of benzene rings is 2. The SMILES string of the molecule is CC(C)Oc1ccccc1NC(=O)CCc1ccccc1F. The van der Waals surface area contributed by atoms with Crippen LogP contribution in [-0.2, 0) is 11.2 Å². The molecule has 0 aliphatic heterocycles. The van der Waals surface area contributed by atoms with Gasteiger partial charge in [0.25, 0.3) is 0 Å². The van der Waals surface area contributed by atoms with E-state index < -0.39 is 0 Å². The molecule has 1 amide bonds. The Bertz CT molecular complexity index is 640. The molecule has 0 aliphatic carbocycles. The molecule has 0 aromatic heterocycles. The monoisotopic (exact) mass is 301 g/mol. The van der Waals surface area contributed by atoms with Crippen molar-refractivity contribution in [1.82, 2.24) is 0 Å². The van der Waals surface area contributed by atoms with Gasteiger partial charge in [-0.3, -0.25) is 4.79 Å². The first kappa shape index (κ1) is 16.0. The van der Waals surface area contributed by atoms with Gasteiger partial charge >= 0.3 is 0 Å². The molecule has 2 aromatic rings. The van der Waals surface area contributed by atoms with Gasteiger partial charge in [0.05, 0.1) is 11.8 Å². The van der Waals surface area contributed by atoms with Crippen LogP contribution in [0.3, 0.4) is 0 Å². The Hall–Kier alpha value is -2.36. The Balaban J connectivity index is 1.96. The fourth-order valence-electron chi connectivity index (χ4n) is 2.09. The number of carbonyl (C=O) groups is 1. The van der Waals surface area contributed by atoms with Gasteiger partial charge in [0, 0.05) is 6.42 Å². The second-order valence-electron chi connectivity index (χ2n) is 5.30. The molecule has 22 heavy (non-hydrogen) atoms. The normalized spacial score (nSPS) is 10.5. The molecule has 2 rings (SSSR count). The molecule has 3 nitrogen and oxygen atoms in total. The maximum absolute atomic E-state index is 13.5. The molecule has 0 bridgehead atoms. The van der Waals surface area contributed by atoms with Crippen molar-refractivity contribution < 1.29 is 13.9 Å². The lowest BCUT2D eigenvalue weighted by atomic mass is 10.1. The highest BCUT2D eigenvalue weighted by molar-refractivity contribution is 5.92. The Kier molecular flexibility index (Phi) is 5.53. The second kappa shape index (κ2) is 7.59. The molecule has 0 saturated carbocycles. The first-order valence-electron chi connectivity index (χ1n) is 7.35. The van der Waals surface area contributed by atoms with Crippen molar-refractivity contribution in [2.75, 3.05) is 5.32 Å². The van der Waals surface area contributed by atoms with Gasteiger partial charge in [-0.25, -0.2) is 4.39 Å². The quantitative estimate of drug-likeness (QED) is 0.869. The summed E-state index contributed by atoms with van der Waals surface area (Å²) in [5.41, 5.74) is 1.18. The molecule has 2 aromatic carbocycles. The summed E-state index contributed by atoms with van der Waals surface area (Å²) in [4.78, 5) is 12.0.